The molecule has 1 aromatic carbocycles. The molecule has 3 aromatic rings. The summed E-state index contributed by atoms with van der Waals surface area (Å²) in [5.41, 5.74) is 0.617. The number of alkyl halides is 3. The fraction of sp³-hybridized carbons (Fsp3) is 0.455. The first-order valence-electron chi connectivity index (χ1n) is 10.5. The molecule has 7 nitrogen and oxygen atoms in total. The van der Waals surface area contributed by atoms with Gasteiger partial charge < -0.3 is 17.3 Å². The zero-order valence-electron chi connectivity index (χ0n) is 18.7. The Morgan fingerprint density at radius 2 is 1.70 bits per heavy atom. The number of hydrogen-bond acceptors (Lipinski definition) is 6. The van der Waals surface area contributed by atoms with Crippen LogP contribution in [-0.2, 0) is 11.7 Å². The lowest BCUT2D eigenvalue weighted by atomic mass is 10.0. The van der Waals surface area contributed by atoms with E-state index in [2.05, 4.69) is 25.4 Å². The zero-order chi connectivity index (χ0) is 22.9. The van der Waals surface area contributed by atoms with Gasteiger partial charge in [0, 0.05) is 44.3 Å². The molecule has 1 unspecified atom stereocenters. The molecule has 0 N–H and O–H groups in total. The third-order valence-electron chi connectivity index (χ3n) is 5.59. The topological polar surface area (TPSA) is 63.0 Å². The van der Waals surface area contributed by atoms with Crippen molar-refractivity contribution in [1.82, 2.24) is 30.1 Å². The van der Waals surface area contributed by atoms with Crippen LogP contribution in [0, 0.1) is 0 Å². The summed E-state index contributed by atoms with van der Waals surface area (Å²) < 4.78 is 41.2. The normalized spacial score (nSPS) is 16.4. The van der Waals surface area contributed by atoms with E-state index >= 15 is 0 Å². The van der Waals surface area contributed by atoms with Crippen molar-refractivity contribution in [3.63, 3.8) is 0 Å². The number of anilines is 1. The van der Waals surface area contributed by atoms with Crippen molar-refractivity contribution in [3.05, 3.63) is 65.7 Å². The van der Waals surface area contributed by atoms with E-state index in [1.807, 2.05) is 48.7 Å². The number of pyridine rings is 1. The van der Waals surface area contributed by atoms with Crippen molar-refractivity contribution in [2.24, 2.45) is 0 Å². The molecule has 0 bridgehead atoms. The van der Waals surface area contributed by atoms with E-state index < -0.39 is 11.7 Å². The van der Waals surface area contributed by atoms with E-state index in [4.69, 9.17) is 0 Å². The lowest BCUT2D eigenvalue weighted by Gasteiger charge is -2.40. The molecule has 1 fully saturated rings. The second-order valence-corrected chi connectivity index (χ2v) is 8.88. The quantitative estimate of drug-likeness (QED) is 0.549. The minimum Gasteiger partial charge on any atom is -1.00 e. The zero-order valence-corrected chi connectivity index (χ0v) is 19.4. The van der Waals surface area contributed by atoms with Gasteiger partial charge in [0.1, 0.15) is 0 Å². The molecule has 33 heavy (non-hydrogen) atoms. The van der Waals surface area contributed by atoms with E-state index in [1.165, 1.54) is 12.1 Å². The number of benzene rings is 1. The molecule has 0 saturated carbocycles. The van der Waals surface area contributed by atoms with E-state index in [9.17, 15) is 13.2 Å². The van der Waals surface area contributed by atoms with Crippen molar-refractivity contribution in [2.45, 2.75) is 38.5 Å². The third-order valence-corrected chi connectivity index (χ3v) is 5.59. The number of halogens is 4. The Balaban J connectivity index is 0.00000306. The SMILES string of the molecule is CC(C)(C)n1nnnc1C(c1cccnc1)N1CCN(c2cccc(C(F)(F)F)c2)CC1.[Cl-]. The largest absolute Gasteiger partial charge is 1.00 e. The van der Waals surface area contributed by atoms with Crippen LogP contribution in [0.3, 0.4) is 0 Å². The Kier molecular flexibility index (Phi) is 7.28. The minimum absolute atomic E-state index is 0. The monoisotopic (exact) mass is 480 g/mol. The van der Waals surface area contributed by atoms with Crippen LogP contribution in [0.25, 0.3) is 0 Å². The molecule has 11 heteroatoms. The molecule has 0 radical (unpaired) electrons. The van der Waals surface area contributed by atoms with Gasteiger partial charge in [0.15, 0.2) is 5.82 Å². The van der Waals surface area contributed by atoms with Crippen molar-refractivity contribution < 1.29 is 25.6 Å². The first-order valence-corrected chi connectivity index (χ1v) is 10.5. The molecular weight excluding hydrogens is 455 g/mol. The second kappa shape index (κ2) is 9.64. The molecular formula is C22H26ClF3N7-. The van der Waals surface area contributed by atoms with Crippen LogP contribution in [0.15, 0.2) is 48.8 Å². The summed E-state index contributed by atoms with van der Waals surface area (Å²) in [5.74, 6) is 0.720. The Hall–Kier alpha value is -2.72. The van der Waals surface area contributed by atoms with Gasteiger partial charge in [0.2, 0.25) is 0 Å². The fourth-order valence-corrected chi connectivity index (χ4v) is 4.02. The highest BCUT2D eigenvalue weighted by atomic mass is 35.5. The van der Waals surface area contributed by atoms with Crippen LogP contribution in [-0.4, -0.2) is 56.3 Å². The predicted molar refractivity (Wildman–Crippen MR) is 114 cm³/mol. The lowest BCUT2D eigenvalue weighted by Crippen LogP contribution is -3.00. The van der Waals surface area contributed by atoms with Gasteiger partial charge >= 0.3 is 6.18 Å². The van der Waals surface area contributed by atoms with E-state index in [1.54, 1.807) is 12.3 Å². The van der Waals surface area contributed by atoms with Crippen molar-refractivity contribution in [1.29, 1.82) is 0 Å². The number of rotatable bonds is 4. The van der Waals surface area contributed by atoms with Gasteiger partial charge in [0.05, 0.1) is 17.1 Å². The minimum atomic E-state index is -4.35. The average Bonchev–Trinajstić information content (AvgIpc) is 3.25. The summed E-state index contributed by atoms with van der Waals surface area (Å²) in [4.78, 5) is 8.52. The van der Waals surface area contributed by atoms with Crippen LogP contribution in [0.2, 0.25) is 0 Å². The number of piperazine rings is 1. The summed E-state index contributed by atoms with van der Waals surface area (Å²) >= 11 is 0. The summed E-state index contributed by atoms with van der Waals surface area (Å²) in [6, 6.07) is 9.18. The maximum absolute atomic E-state index is 13.1. The summed E-state index contributed by atoms with van der Waals surface area (Å²) in [6.07, 6.45) is -0.822. The Morgan fingerprint density at radius 1 is 0.970 bits per heavy atom. The average molecular weight is 481 g/mol. The van der Waals surface area contributed by atoms with E-state index in [-0.39, 0.29) is 24.0 Å². The Morgan fingerprint density at radius 3 is 2.30 bits per heavy atom. The van der Waals surface area contributed by atoms with Gasteiger partial charge in [0.25, 0.3) is 0 Å². The Labute approximate surface area is 197 Å². The van der Waals surface area contributed by atoms with E-state index in [0.717, 1.165) is 17.5 Å². The molecule has 178 valence electrons. The van der Waals surface area contributed by atoms with Crippen LogP contribution in [0.4, 0.5) is 18.9 Å². The van der Waals surface area contributed by atoms with Crippen LogP contribution in [0.5, 0.6) is 0 Å². The standard InChI is InChI=1S/C22H26F3N7.ClH/c1-21(2,3)32-20(27-28-29-32)19(16-6-5-9-26-15-16)31-12-10-30(11-13-31)18-8-4-7-17(14-18)22(23,24)25;/h4-9,14-15,19H,10-13H2,1-3H3;1H/p-1. The lowest BCUT2D eigenvalue weighted by molar-refractivity contribution is -0.137. The highest BCUT2D eigenvalue weighted by molar-refractivity contribution is 5.49. The maximum Gasteiger partial charge on any atom is 0.416 e. The number of tetrazole rings is 1. The second-order valence-electron chi connectivity index (χ2n) is 8.88. The molecule has 1 aliphatic rings. The van der Waals surface area contributed by atoms with Crippen LogP contribution >= 0.6 is 0 Å². The fourth-order valence-electron chi connectivity index (χ4n) is 4.02. The number of aromatic nitrogens is 5. The number of hydrogen-bond donors (Lipinski definition) is 0. The molecule has 1 aliphatic heterocycles. The molecule has 3 heterocycles. The van der Waals surface area contributed by atoms with Crippen LogP contribution in [0.1, 0.15) is 43.8 Å². The van der Waals surface area contributed by atoms with E-state index in [0.29, 0.717) is 31.9 Å². The van der Waals surface area contributed by atoms with Crippen molar-refractivity contribution in [2.75, 3.05) is 31.1 Å². The van der Waals surface area contributed by atoms with Gasteiger partial charge in [-0.2, -0.15) is 13.2 Å². The first-order chi connectivity index (χ1) is 15.1. The van der Waals surface area contributed by atoms with Crippen molar-refractivity contribution in [3.8, 4) is 0 Å². The van der Waals surface area contributed by atoms with Gasteiger partial charge in [-0.25, -0.2) is 4.68 Å². The Bertz CT molecular complexity index is 1040. The molecule has 0 amide bonds. The molecule has 0 aliphatic carbocycles. The third kappa shape index (κ3) is 5.44. The van der Waals surface area contributed by atoms with Gasteiger partial charge in [-0.05, 0) is 61.0 Å². The molecule has 1 atom stereocenters. The van der Waals surface area contributed by atoms with Gasteiger partial charge in [-0.15, -0.1) is 5.10 Å². The molecule has 2 aromatic heterocycles. The highest BCUT2D eigenvalue weighted by Gasteiger charge is 2.34. The maximum atomic E-state index is 13.1. The molecule has 0 spiro atoms. The smallest absolute Gasteiger partial charge is 0.416 e. The molecule has 1 saturated heterocycles. The summed E-state index contributed by atoms with van der Waals surface area (Å²) in [6.45, 7) is 8.60. The highest BCUT2D eigenvalue weighted by Crippen LogP contribution is 2.33. The first kappa shape index (κ1) is 24.9. The summed E-state index contributed by atoms with van der Waals surface area (Å²) in [7, 11) is 0. The van der Waals surface area contributed by atoms with Crippen molar-refractivity contribution >= 4 is 5.69 Å². The molecule has 4 rings (SSSR count). The summed E-state index contributed by atoms with van der Waals surface area (Å²) in [5, 5.41) is 12.5. The predicted octanol–water partition coefficient (Wildman–Crippen LogP) is 0.758. The van der Waals surface area contributed by atoms with Gasteiger partial charge in [-0.3, -0.25) is 9.88 Å². The number of nitrogens with zero attached hydrogens (tertiary/aromatic N) is 7. The van der Waals surface area contributed by atoms with Gasteiger partial charge in [-0.1, -0.05) is 12.1 Å². The van der Waals surface area contributed by atoms with Crippen LogP contribution < -0.4 is 17.3 Å².